The minimum Gasteiger partial charge on any atom is -0.396 e. The van der Waals surface area contributed by atoms with Gasteiger partial charge in [0.25, 0.3) is 0 Å². The van der Waals surface area contributed by atoms with Gasteiger partial charge in [0.1, 0.15) is 5.82 Å². The molecule has 3 atom stereocenters. The average Bonchev–Trinajstić information content (AvgIpc) is 3.08. The summed E-state index contributed by atoms with van der Waals surface area (Å²) in [5, 5.41) is 14.9. The van der Waals surface area contributed by atoms with Crippen molar-refractivity contribution in [1.82, 2.24) is 15.6 Å². The fourth-order valence-corrected chi connectivity index (χ4v) is 2.92. The lowest BCUT2D eigenvalue weighted by Crippen LogP contribution is -2.43. The average molecular weight is 341 g/mol. The van der Waals surface area contributed by atoms with E-state index in [0.717, 1.165) is 0 Å². The van der Waals surface area contributed by atoms with Crippen LogP contribution in [-0.4, -0.2) is 28.8 Å². The molecule has 0 fully saturated rings. The minimum atomic E-state index is -0.559. The zero-order chi connectivity index (χ0) is 17.6. The Morgan fingerprint density at radius 2 is 2.16 bits per heavy atom. The van der Waals surface area contributed by atoms with E-state index < -0.39 is 6.04 Å². The molecule has 2 amide bonds. The van der Waals surface area contributed by atoms with Crippen molar-refractivity contribution in [3.05, 3.63) is 77.9 Å². The molecule has 0 saturated carbocycles. The summed E-state index contributed by atoms with van der Waals surface area (Å²) in [5.41, 5.74) is 1.24. The van der Waals surface area contributed by atoms with E-state index in [2.05, 4.69) is 15.6 Å². The van der Waals surface area contributed by atoms with Crippen LogP contribution in [0.3, 0.4) is 0 Å². The van der Waals surface area contributed by atoms with Gasteiger partial charge in [0.15, 0.2) is 0 Å². The second kappa shape index (κ2) is 7.90. The van der Waals surface area contributed by atoms with E-state index in [-0.39, 0.29) is 30.4 Å². The number of pyridine rings is 1. The van der Waals surface area contributed by atoms with Gasteiger partial charge in [0.2, 0.25) is 0 Å². The largest absolute Gasteiger partial charge is 0.396 e. The number of nitrogens with zero attached hydrogens (tertiary/aromatic N) is 1. The number of carbonyl (C=O) groups excluding carboxylic acids is 1. The topological polar surface area (TPSA) is 74.2 Å². The quantitative estimate of drug-likeness (QED) is 0.732. The molecule has 1 aliphatic rings. The monoisotopic (exact) mass is 341 g/mol. The molecule has 5 nitrogen and oxygen atoms in total. The highest BCUT2D eigenvalue weighted by Crippen LogP contribution is 2.21. The number of aliphatic hydroxyl groups is 1. The van der Waals surface area contributed by atoms with Crippen LogP contribution in [0, 0.1) is 11.7 Å². The second-order valence-electron chi connectivity index (χ2n) is 6.03. The molecule has 25 heavy (non-hydrogen) atoms. The van der Waals surface area contributed by atoms with Gasteiger partial charge in [0, 0.05) is 24.8 Å². The highest BCUT2D eigenvalue weighted by atomic mass is 19.1. The number of hydrogen-bond acceptors (Lipinski definition) is 3. The Hall–Kier alpha value is -2.73. The van der Waals surface area contributed by atoms with Crippen molar-refractivity contribution in [2.24, 2.45) is 5.92 Å². The van der Waals surface area contributed by atoms with Crippen LogP contribution in [0.15, 0.2) is 60.8 Å². The third-order valence-corrected chi connectivity index (χ3v) is 4.16. The van der Waals surface area contributed by atoms with Crippen LogP contribution in [0.5, 0.6) is 0 Å². The Bertz CT molecular complexity index is 751. The van der Waals surface area contributed by atoms with Gasteiger partial charge in [-0.2, -0.15) is 0 Å². The molecular weight excluding hydrogens is 321 g/mol. The summed E-state index contributed by atoms with van der Waals surface area (Å²) in [6.45, 7) is 0.0656. The zero-order valence-corrected chi connectivity index (χ0v) is 13.6. The number of benzene rings is 1. The van der Waals surface area contributed by atoms with Crippen molar-refractivity contribution in [2.75, 3.05) is 6.61 Å². The van der Waals surface area contributed by atoms with E-state index in [1.807, 2.05) is 18.2 Å². The number of amides is 2. The third-order valence-electron chi connectivity index (χ3n) is 4.16. The highest BCUT2D eigenvalue weighted by Gasteiger charge is 2.23. The molecule has 3 N–H and O–H groups in total. The Kier molecular flexibility index (Phi) is 5.40. The molecule has 0 radical (unpaired) electrons. The molecule has 0 aliphatic heterocycles. The first-order valence-corrected chi connectivity index (χ1v) is 8.18. The molecule has 130 valence electrons. The summed E-state index contributed by atoms with van der Waals surface area (Å²) in [6, 6.07) is 10.4. The first-order chi connectivity index (χ1) is 12.2. The van der Waals surface area contributed by atoms with Crippen molar-refractivity contribution >= 4 is 6.03 Å². The molecule has 1 aromatic heterocycles. The van der Waals surface area contributed by atoms with Crippen LogP contribution in [0.25, 0.3) is 0 Å². The van der Waals surface area contributed by atoms with Gasteiger partial charge in [-0.3, -0.25) is 4.98 Å². The first kappa shape index (κ1) is 17.1. The van der Waals surface area contributed by atoms with Gasteiger partial charge in [-0.05, 0) is 36.2 Å². The fourth-order valence-electron chi connectivity index (χ4n) is 2.92. The maximum atomic E-state index is 13.6. The summed E-state index contributed by atoms with van der Waals surface area (Å²) < 4.78 is 13.6. The molecule has 1 aromatic carbocycles. The molecule has 0 bridgehead atoms. The van der Waals surface area contributed by atoms with Crippen molar-refractivity contribution in [2.45, 2.75) is 18.5 Å². The van der Waals surface area contributed by atoms with Crippen LogP contribution >= 0.6 is 0 Å². The zero-order valence-electron chi connectivity index (χ0n) is 13.6. The van der Waals surface area contributed by atoms with Crippen LogP contribution < -0.4 is 10.6 Å². The number of carbonyl (C=O) groups is 1. The normalized spacial score (nSPS) is 20.2. The van der Waals surface area contributed by atoms with Crippen molar-refractivity contribution in [3.63, 3.8) is 0 Å². The maximum absolute atomic E-state index is 13.6. The van der Waals surface area contributed by atoms with E-state index in [9.17, 15) is 9.18 Å². The minimum absolute atomic E-state index is 0.0656. The summed E-state index contributed by atoms with van der Waals surface area (Å²) >= 11 is 0. The molecule has 6 heteroatoms. The Morgan fingerprint density at radius 3 is 2.84 bits per heavy atom. The lowest BCUT2D eigenvalue weighted by Gasteiger charge is -2.21. The predicted octanol–water partition coefficient (Wildman–Crippen LogP) is 2.55. The van der Waals surface area contributed by atoms with E-state index >= 15 is 0 Å². The number of urea groups is 1. The fraction of sp³-hybridized carbons (Fsp3) is 0.263. The molecular formula is C19H20FN3O2. The van der Waals surface area contributed by atoms with E-state index in [0.29, 0.717) is 17.7 Å². The number of hydrogen-bond donors (Lipinski definition) is 3. The number of aliphatic hydroxyl groups excluding tert-OH is 1. The summed E-state index contributed by atoms with van der Waals surface area (Å²) in [7, 11) is 0. The van der Waals surface area contributed by atoms with Crippen LogP contribution in [0.1, 0.15) is 23.7 Å². The Balaban J connectivity index is 1.74. The van der Waals surface area contributed by atoms with E-state index in [1.54, 1.807) is 30.5 Å². The number of nitrogens with one attached hydrogen (secondary N) is 2. The molecule has 0 saturated heterocycles. The second-order valence-corrected chi connectivity index (χ2v) is 6.03. The summed E-state index contributed by atoms with van der Waals surface area (Å²) in [5.74, 6) is -0.301. The number of rotatable bonds is 5. The molecule has 0 spiro atoms. The van der Waals surface area contributed by atoms with Crippen molar-refractivity contribution < 1.29 is 14.3 Å². The summed E-state index contributed by atoms with van der Waals surface area (Å²) in [4.78, 5) is 16.7. The molecule has 1 aliphatic carbocycles. The van der Waals surface area contributed by atoms with Crippen LogP contribution in [-0.2, 0) is 0 Å². The van der Waals surface area contributed by atoms with Gasteiger partial charge in [0.05, 0.1) is 11.7 Å². The van der Waals surface area contributed by atoms with Crippen LogP contribution in [0.4, 0.5) is 9.18 Å². The third kappa shape index (κ3) is 4.42. The van der Waals surface area contributed by atoms with E-state index in [4.69, 9.17) is 5.11 Å². The Morgan fingerprint density at radius 1 is 1.28 bits per heavy atom. The first-order valence-electron chi connectivity index (χ1n) is 8.18. The van der Waals surface area contributed by atoms with Crippen LogP contribution in [0.2, 0.25) is 0 Å². The molecule has 1 unspecified atom stereocenters. The van der Waals surface area contributed by atoms with Gasteiger partial charge >= 0.3 is 6.03 Å². The smallest absolute Gasteiger partial charge is 0.316 e. The number of aromatic nitrogens is 1. The standard InChI is InChI=1S/C19H20FN3O2/c20-15-5-3-4-14(11-15)18(17-6-1-2-9-21-17)23-19(25)22-16-8-7-13(10-16)12-24/h1-9,11,13,16,18,24H,10,12H2,(H2,22,23,25)/t13-,16+,18?/m0/s1. The lowest BCUT2D eigenvalue weighted by molar-refractivity contribution is 0.229. The molecule has 3 rings (SSSR count). The van der Waals surface area contributed by atoms with E-state index in [1.165, 1.54) is 12.1 Å². The van der Waals surface area contributed by atoms with Crippen molar-refractivity contribution in [3.8, 4) is 0 Å². The number of halogens is 1. The van der Waals surface area contributed by atoms with Gasteiger partial charge in [-0.25, -0.2) is 9.18 Å². The maximum Gasteiger partial charge on any atom is 0.316 e. The lowest BCUT2D eigenvalue weighted by atomic mass is 10.0. The van der Waals surface area contributed by atoms with Gasteiger partial charge in [-0.15, -0.1) is 0 Å². The predicted molar refractivity (Wildman–Crippen MR) is 92.3 cm³/mol. The highest BCUT2D eigenvalue weighted by molar-refractivity contribution is 5.75. The van der Waals surface area contributed by atoms with Gasteiger partial charge in [-0.1, -0.05) is 30.4 Å². The molecule has 1 heterocycles. The SMILES string of the molecule is O=C(NC(c1cccc(F)c1)c1ccccn1)N[C@@H]1C=C[C@H](CO)C1. The summed E-state index contributed by atoms with van der Waals surface area (Å²) in [6.07, 6.45) is 6.07. The van der Waals surface area contributed by atoms with Crippen molar-refractivity contribution in [1.29, 1.82) is 0 Å². The van der Waals surface area contributed by atoms with Gasteiger partial charge < -0.3 is 15.7 Å². The molecule has 2 aromatic rings. The Labute approximate surface area is 145 Å².